The quantitative estimate of drug-likeness (QED) is 0.817. The Hall–Kier alpha value is -1.55. The van der Waals surface area contributed by atoms with Crippen molar-refractivity contribution < 1.29 is 9.53 Å². The van der Waals surface area contributed by atoms with E-state index in [1.165, 1.54) is 0 Å². The lowest BCUT2D eigenvalue weighted by Gasteiger charge is -2.33. The van der Waals surface area contributed by atoms with Gasteiger partial charge < -0.3 is 15.0 Å². The van der Waals surface area contributed by atoms with E-state index in [1.807, 2.05) is 32.0 Å². The number of benzene rings is 1. The van der Waals surface area contributed by atoms with Crippen molar-refractivity contribution in [3.8, 4) is 5.75 Å². The van der Waals surface area contributed by atoms with Gasteiger partial charge >= 0.3 is 0 Å². The fourth-order valence-corrected chi connectivity index (χ4v) is 2.52. The third-order valence-electron chi connectivity index (χ3n) is 3.94. The van der Waals surface area contributed by atoms with Gasteiger partial charge in [0.1, 0.15) is 11.4 Å². The second kappa shape index (κ2) is 6.48. The third-order valence-corrected chi connectivity index (χ3v) is 3.94. The zero-order valence-electron chi connectivity index (χ0n) is 13.5. The summed E-state index contributed by atoms with van der Waals surface area (Å²) < 4.78 is 5.90. The van der Waals surface area contributed by atoms with Crippen LogP contribution in [0.15, 0.2) is 18.2 Å². The molecule has 0 aliphatic carbocycles. The van der Waals surface area contributed by atoms with Crippen molar-refractivity contribution >= 4 is 11.5 Å². The molecule has 1 aromatic rings. The molecule has 0 atom stereocenters. The predicted molar refractivity (Wildman–Crippen MR) is 86.4 cm³/mol. The molecule has 116 valence electrons. The van der Waals surface area contributed by atoms with Crippen LogP contribution < -0.4 is 10.1 Å². The van der Waals surface area contributed by atoms with Crippen LogP contribution in [0.1, 0.15) is 44.5 Å². The molecule has 1 aliphatic heterocycles. The second-order valence-electron chi connectivity index (χ2n) is 6.13. The van der Waals surface area contributed by atoms with Crippen LogP contribution in [0.4, 0.5) is 5.69 Å². The zero-order chi connectivity index (χ0) is 15.5. The lowest BCUT2D eigenvalue weighted by Crippen LogP contribution is -2.40. The van der Waals surface area contributed by atoms with Gasteiger partial charge in [-0.15, -0.1) is 0 Å². The summed E-state index contributed by atoms with van der Waals surface area (Å²) in [5.74, 6) is 1.02. The van der Waals surface area contributed by atoms with Crippen molar-refractivity contribution in [1.82, 2.24) is 4.90 Å². The van der Waals surface area contributed by atoms with Crippen molar-refractivity contribution in [2.45, 2.75) is 39.7 Å². The number of nitrogens with zero attached hydrogens (tertiary/aromatic N) is 1. The summed E-state index contributed by atoms with van der Waals surface area (Å²) in [6.45, 7) is 11.9. The minimum atomic E-state index is -0.207. The molecule has 0 fully saturated rings. The van der Waals surface area contributed by atoms with E-state index in [2.05, 4.69) is 24.1 Å². The molecule has 4 nitrogen and oxygen atoms in total. The summed E-state index contributed by atoms with van der Waals surface area (Å²) >= 11 is 0. The fraction of sp³-hybridized carbons (Fsp3) is 0.588. The summed E-state index contributed by atoms with van der Waals surface area (Å²) in [5, 5.41) is 3.35. The Morgan fingerprint density at radius 2 is 2.05 bits per heavy atom. The highest BCUT2D eigenvalue weighted by Gasteiger charge is 2.26. The number of fused-ring (bicyclic) bond motifs is 1. The first kappa shape index (κ1) is 15.8. The third kappa shape index (κ3) is 3.97. The summed E-state index contributed by atoms with van der Waals surface area (Å²) in [6.07, 6.45) is 0.562. The second-order valence-corrected chi connectivity index (χ2v) is 6.13. The van der Waals surface area contributed by atoms with Crippen LogP contribution in [0.25, 0.3) is 0 Å². The van der Waals surface area contributed by atoms with Gasteiger partial charge in [0.05, 0.1) is 12.2 Å². The first-order valence-corrected chi connectivity index (χ1v) is 7.77. The molecule has 1 N–H and O–H groups in total. The molecule has 0 saturated carbocycles. The minimum Gasteiger partial charge on any atom is -0.484 e. The molecule has 21 heavy (non-hydrogen) atoms. The van der Waals surface area contributed by atoms with Crippen molar-refractivity contribution in [3.05, 3.63) is 23.8 Å². The fourth-order valence-electron chi connectivity index (χ4n) is 2.52. The largest absolute Gasteiger partial charge is 0.484 e. The first-order chi connectivity index (χ1) is 9.95. The summed E-state index contributed by atoms with van der Waals surface area (Å²) in [4.78, 5) is 14.6. The highest BCUT2D eigenvalue weighted by molar-refractivity contribution is 5.97. The number of ether oxygens (including phenoxy) is 1. The van der Waals surface area contributed by atoms with E-state index in [0.717, 1.165) is 43.2 Å². The van der Waals surface area contributed by atoms with Crippen LogP contribution in [0.3, 0.4) is 0 Å². The Bertz CT molecular complexity index is 508. The predicted octanol–water partition coefficient (Wildman–Crippen LogP) is 3.18. The molecule has 2 rings (SSSR count). The van der Waals surface area contributed by atoms with Crippen LogP contribution in [0.2, 0.25) is 0 Å². The van der Waals surface area contributed by atoms with Gasteiger partial charge in [-0.2, -0.15) is 0 Å². The standard InChI is InChI=1S/C17H26N2O2/c1-5-19(6-2)10-9-15(20)13-7-8-16-14(11-13)18-12-17(3,4)21-16/h7-8,11,18H,5-6,9-10,12H2,1-4H3. The molecule has 0 radical (unpaired) electrons. The van der Waals surface area contributed by atoms with Crippen molar-refractivity contribution in [2.24, 2.45) is 0 Å². The maximum atomic E-state index is 12.3. The van der Waals surface area contributed by atoms with Gasteiger partial charge in [-0.3, -0.25) is 4.79 Å². The van der Waals surface area contributed by atoms with Gasteiger partial charge in [-0.05, 0) is 45.1 Å². The van der Waals surface area contributed by atoms with Crippen molar-refractivity contribution in [2.75, 3.05) is 31.5 Å². The molecule has 0 bridgehead atoms. The number of carbonyl (C=O) groups is 1. The van der Waals surface area contributed by atoms with Crippen LogP contribution >= 0.6 is 0 Å². The lowest BCUT2D eigenvalue weighted by atomic mass is 10.0. The Balaban J connectivity index is 2.03. The molecule has 1 aromatic carbocycles. The molecular formula is C17H26N2O2. The Kier molecular flexibility index (Phi) is 4.88. The molecule has 0 unspecified atom stereocenters. The van der Waals surface area contributed by atoms with E-state index in [9.17, 15) is 4.79 Å². The summed E-state index contributed by atoms with van der Waals surface area (Å²) in [7, 11) is 0. The normalized spacial score (nSPS) is 16.0. The van der Waals surface area contributed by atoms with Crippen molar-refractivity contribution in [1.29, 1.82) is 0 Å². The van der Waals surface area contributed by atoms with Crippen LogP contribution in [-0.2, 0) is 0 Å². The molecule has 0 amide bonds. The van der Waals surface area contributed by atoms with E-state index in [1.54, 1.807) is 0 Å². The Morgan fingerprint density at radius 1 is 1.33 bits per heavy atom. The topological polar surface area (TPSA) is 41.6 Å². The number of ketones is 1. The monoisotopic (exact) mass is 290 g/mol. The maximum Gasteiger partial charge on any atom is 0.164 e. The summed E-state index contributed by atoms with van der Waals surface area (Å²) in [5.41, 5.74) is 1.47. The number of anilines is 1. The molecule has 4 heteroatoms. The SMILES string of the molecule is CCN(CC)CCC(=O)c1ccc2c(c1)NCC(C)(C)O2. The number of Topliss-reactive ketones (excluding diaryl/α,β-unsaturated/α-hetero) is 1. The number of nitrogens with one attached hydrogen (secondary N) is 1. The van der Waals surface area contributed by atoms with Crippen LogP contribution in [-0.4, -0.2) is 42.5 Å². The van der Waals surface area contributed by atoms with Gasteiger partial charge in [-0.25, -0.2) is 0 Å². The van der Waals surface area contributed by atoms with Gasteiger partial charge in [0.15, 0.2) is 5.78 Å². The van der Waals surface area contributed by atoms with Crippen LogP contribution in [0.5, 0.6) is 5.75 Å². The molecule has 1 heterocycles. The molecule has 0 aromatic heterocycles. The Morgan fingerprint density at radius 3 is 2.71 bits per heavy atom. The first-order valence-electron chi connectivity index (χ1n) is 7.77. The lowest BCUT2D eigenvalue weighted by molar-refractivity contribution is 0.0966. The van der Waals surface area contributed by atoms with E-state index in [4.69, 9.17) is 4.74 Å². The molecule has 0 spiro atoms. The van der Waals surface area contributed by atoms with Gasteiger partial charge in [0.2, 0.25) is 0 Å². The maximum absolute atomic E-state index is 12.3. The van der Waals surface area contributed by atoms with Gasteiger partial charge in [0.25, 0.3) is 0 Å². The van der Waals surface area contributed by atoms with E-state index >= 15 is 0 Å². The number of rotatable bonds is 6. The van der Waals surface area contributed by atoms with E-state index < -0.39 is 0 Å². The van der Waals surface area contributed by atoms with Crippen LogP contribution in [0, 0.1) is 0 Å². The molecule has 0 saturated heterocycles. The number of hydrogen-bond donors (Lipinski definition) is 1. The van der Waals surface area contributed by atoms with Gasteiger partial charge in [-0.1, -0.05) is 13.8 Å². The highest BCUT2D eigenvalue weighted by atomic mass is 16.5. The number of carbonyl (C=O) groups excluding carboxylic acids is 1. The average Bonchev–Trinajstić information content (AvgIpc) is 2.46. The Labute approximate surface area is 127 Å². The van der Waals surface area contributed by atoms with Gasteiger partial charge in [0, 0.05) is 18.5 Å². The van der Waals surface area contributed by atoms with E-state index in [-0.39, 0.29) is 11.4 Å². The molecule has 1 aliphatic rings. The smallest absolute Gasteiger partial charge is 0.164 e. The minimum absolute atomic E-state index is 0.191. The summed E-state index contributed by atoms with van der Waals surface area (Å²) in [6, 6.07) is 5.68. The molecular weight excluding hydrogens is 264 g/mol. The zero-order valence-corrected chi connectivity index (χ0v) is 13.5. The van der Waals surface area contributed by atoms with E-state index in [0.29, 0.717) is 6.42 Å². The highest BCUT2D eigenvalue weighted by Crippen LogP contribution is 2.33. The number of hydrogen-bond acceptors (Lipinski definition) is 4. The van der Waals surface area contributed by atoms with Crippen molar-refractivity contribution in [3.63, 3.8) is 0 Å². The average molecular weight is 290 g/mol.